The van der Waals surface area contributed by atoms with E-state index in [0.717, 1.165) is 24.8 Å². The Balaban J connectivity index is 1.96. The zero-order chi connectivity index (χ0) is 18.6. The van der Waals surface area contributed by atoms with E-state index in [9.17, 15) is 8.42 Å². The van der Waals surface area contributed by atoms with Crippen LogP contribution in [0.15, 0.2) is 65.6 Å². The van der Waals surface area contributed by atoms with Gasteiger partial charge in [0.2, 0.25) is 10.0 Å². The standard InChI is InChI=1S/C22H26NO2S/c1-22(2)16-9-17-23(26(24,25)21-12-7-4-8-13-21)20(18-22)15-14-19-10-5-3-6-11-19/h4-8,10-15,20H,9,16-18H2,1-2H3/b15-14+. The predicted octanol–water partition coefficient (Wildman–Crippen LogP) is 4.77. The molecular weight excluding hydrogens is 342 g/mol. The SMILES string of the molecule is CC1(C)CCCN(S(=O)(=O)c2ccccc2)C(/C=C/c2cc[c]cc2)C1. The number of sulfonamides is 1. The zero-order valence-corrected chi connectivity index (χ0v) is 16.2. The Labute approximate surface area is 157 Å². The van der Waals surface area contributed by atoms with E-state index >= 15 is 0 Å². The molecular formula is C22H26NO2S. The van der Waals surface area contributed by atoms with E-state index in [0.29, 0.717) is 11.4 Å². The van der Waals surface area contributed by atoms with Crippen molar-refractivity contribution < 1.29 is 8.42 Å². The number of hydrogen-bond donors (Lipinski definition) is 0. The molecule has 1 radical (unpaired) electrons. The average molecular weight is 369 g/mol. The molecule has 0 aliphatic carbocycles. The number of hydrogen-bond acceptors (Lipinski definition) is 2. The topological polar surface area (TPSA) is 37.4 Å². The van der Waals surface area contributed by atoms with Crippen molar-refractivity contribution in [1.82, 2.24) is 4.31 Å². The van der Waals surface area contributed by atoms with Crippen LogP contribution in [0, 0.1) is 11.5 Å². The molecule has 0 spiro atoms. The van der Waals surface area contributed by atoms with Crippen LogP contribution in [0.4, 0.5) is 0 Å². The molecule has 1 unspecified atom stereocenters. The molecule has 1 aliphatic rings. The first-order valence-corrected chi connectivity index (χ1v) is 10.5. The summed E-state index contributed by atoms with van der Waals surface area (Å²) in [5.41, 5.74) is 1.17. The fourth-order valence-corrected chi connectivity index (χ4v) is 5.22. The van der Waals surface area contributed by atoms with E-state index < -0.39 is 10.0 Å². The maximum absolute atomic E-state index is 13.3. The van der Waals surface area contributed by atoms with Crippen LogP contribution in [0.1, 0.15) is 38.7 Å². The van der Waals surface area contributed by atoms with Crippen molar-refractivity contribution in [2.45, 2.75) is 44.0 Å². The molecule has 3 rings (SSSR count). The van der Waals surface area contributed by atoms with Gasteiger partial charge in [-0.2, -0.15) is 4.31 Å². The second-order valence-electron chi connectivity index (χ2n) is 7.66. The van der Waals surface area contributed by atoms with E-state index in [1.165, 1.54) is 0 Å². The van der Waals surface area contributed by atoms with Gasteiger partial charge in [-0.25, -0.2) is 8.42 Å². The molecule has 26 heavy (non-hydrogen) atoms. The summed E-state index contributed by atoms with van der Waals surface area (Å²) in [4.78, 5) is 0.368. The quantitative estimate of drug-likeness (QED) is 0.779. The van der Waals surface area contributed by atoms with E-state index in [2.05, 4.69) is 19.9 Å². The second kappa shape index (κ2) is 7.77. The van der Waals surface area contributed by atoms with Crippen molar-refractivity contribution in [3.8, 4) is 0 Å². The Kier molecular flexibility index (Phi) is 5.64. The summed E-state index contributed by atoms with van der Waals surface area (Å²) < 4.78 is 28.2. The van der Waals surface area contributed by atoms with Gasteiger partial charge in [0.15, 0.2) is 0 Å². The lowest BCUT2D eigenvalue weighted by molar-refractivity contribution is 0.282. The lowest BCUT2D eigenvalue weighted by Crippen LogP contribution is -2.39. The van der Waals surface area contributed by atoms with E-state index in [-0.39, 0.29) is 11.5 Å². The first-order valence-electron chi connectivity index (χ1n) is 9.10. The molecule has 0 aromatic heterocycles. The van der Waals surface area contributed by atoms with Crippen LogP contribution in [0.5, 0.6) is 0 Å². The molecule has 137 valence electrons. The summed E-state index contributed by atoms with van der Waals surface area (Å²) in [7, 11) is -3.51. The zero-order valence-electron chi connectivity index (χ0n) is 15.4. The Bertz CT molecular complexity index is 842. The highest BCUT2D eigenvalue weighted by Gasteiger charge is 2.36. The van der Waals surface area contributed by atoms with Gasteiger partial charge in [0.25, 0.3) is 0 Å². The summed E-state index contributed by atoms with van der Waals surface area (Å²) in [6.07, 6.45) is 6.78. The van der Waals surface area contributed by atoms with Crippen LogP contribution >= 0.6 is 0 Å². The maximum atomic E-state index is 13.3. The minimum Gasteiger partial charge on any atom is -0.207 e. The molecule has 2 aromatic carbocycles. The molecule has 4 heteroatoms. The summed E-state index contributed by atoms with van der Waals surface area (Å²) in [5.74, 6) is 0. The highest BCUT2D eigenvalue weighted by molar-refractivity contribution is 7.89. The summed E-state index contributed by atoms with van der Waals surface area (Å²) in [6.45, 7) is 5.01. The lowest BCUT2D eigenvalue weighted by Gasteiger charge is -2.30. The third-order valence-corrected chi connectivity index (χ3v) is 6.91. The largest absolute Gasteiger partial charge is 0.243 e. The van der Waals surface area contributed by atoms with Gasteiger partial charge in [0.05, 0.1) is 4.90 Å². The van der Waals surface area contributed by atoms with E-state index in [1.54, 1.807) is 28.6 Å². The average Bonchev–Trinajstić information content (AvgIpc) is 2.79. The molecule has 2 aromatic rings. The van der Waals surface area contributed by atoms with Crippen LogP contribution in [0.2, 0.25) is 0 Å². The van der Waals surface area contributed by atoms with Gasteiger partial charge in [-0.1, -0.05) is 68.5 Å². The van der Waals surface area contributed by atoms with Crippen molar-refractivity contribution >= 4 is 16.1 Å². The third kappa shape index (κ3) is 4.43. The fourth-order valence-electron chi connectivity index (χ4n) is 3.57. The van der Waals surface area contributed by atoms with Gasteiger partial charge in [-0.05, 0) is 48.4 Å². The normalized spacial score (nSPS) is 21.5. The molecule has 1 heterocycles. The van der Waals surface area contributed by atoms with Gasteiger partial charge in [-0.3, -0.25) is 0 Å². The van der Waals surface area contributed by atoms with E-state index in [4.69, 9.17) is 0 Å². The highest BCUT2D eigenvalue weighted by atomic mass is 32.2. The van der Waals surface area contributed by atoms with Crippen molar-refractivity contribution in [3.63, 3.8) is 0 Å². The van der Waals surface area contributed by atoms with Gasteiger partial charge >= 0.3 is 0 Å². The molecule has 0 N–H and O–H groups in total. The monoisotopic (exact) mass is 368 g/mol. The molecule has 1 atom stereocenters. The summed E-state index contributed by atoms with van der Waals surface area (Å²) >= 11 is 0. The minimum absolute atomic E-state index is 0.112. The van der Waals surface area contributed by atoms with Crippen molar-refractivity contribution in [1.29, 1.82) is 0 Å². The van der Waals surface area contributed by atoms with Crippen LogP contribution in [0.3, 0.4) is 0 Å². The highest BCUT2D eigenvalue weighted by Crippen LogP contribution is 2.36. The number of benzene rings is 2. The third-order valence-electron chi connectivity index (χ3n) is 4.97. The van der Waals surface area contributed by atoms with Crippen LogP contribution < -0.4 is 0 Å². The molecule has 1 fully saturated rings. The Morgan fingerprint density at radius 1 is 1.12 bits per heavy atom. The first-order chi connectivity index (χ1) is 12.4. The molecule has 0 bridgehead atoms. The number of rotatable bonds is 4. The molecule has 1 aliphatic heterocycles. The maximum Gasteiger partial charge on any atom is 0.243 e. The Hall–Kier alpha value is -1.91. The van der Waals surface area contributed by atoms with Gasteiger partial charge in [-0.15, -0.1) is 0 Å². The predicted molar refractivity (Wildman–Crippen MR) is 106 cm³/mol. The van der Waals surface area contributed by atoms with Crippen LogP contribution in [-0.4, -0.2) is 25.3 Å². The van der Waals surface area contributed by atoms with Crippen molar-refractivity contribution in [2.24, 2.45) is 5.41 Å². The van der Waals surface area contributed by atoms with Crippen molar-refractivity contribution in [2.75, 3.05) is 6.54 Å². The Morgan fingerprint density at radius 2 is 1.81 bits per heavy atom. The van der Waals surface area contributed by atoms with Crippen LogP contribution in [0.25, 0.3) is 6.08 Å². The molecule has 0 saturated carbocycles. The summed E-state index contributed by atoms with van der Waals surface area (Å²) in [6, 6.07) is 19.3. The first kappa shape index (κ1) is 18.9. The number of nitrogens with zero attached hydrogens (tertiary/aromatic N) is 1. The second-order valence-corrected chi connectivity index (χ2v) is 9.55. The smallest absolute Gasteiger partial charge is 0.207 e. The van der Waals surface area contributed by atoms with Crippen LogP contribution in [-0.2, 0) is 10.0 Å². The minimum atomic E-state index is -3.51. The van der Waals surface area contributed by atoms with Gasteiger partial charge in [0, 0.05) is 12.6 Å². The van der Waals surface area contributed by atoms with Gasteiger partial charge in [0.1, 0.15) is 0 Å². The molecule has 1 saturated heterocycles. The van der Waals surface area contributed by atoms with Crippen molar-refractivity contribution in [3.05, 3.63) is 72.3 Å². The fraction of sp³-hybridized carbons (Fsp3) is 0.364. The summed E-state index contributed by atoms with van der Waals surface area (Å²) in [5, 5.41) is 0. The van der Waals surface area contributed by atoms with Gasteiger partial charge < -0.3 is 0 Å². The molecule has 3 nitrogen and oxygen atoms in total. The Morgan fingerprint density at radius 3 is 2.50 bits per heavy atom. The van der Waals surface area contributed by atoms with E-state index in [1.807, 2.05) is 42.5 Å². The lowest BCUT2D eigenvalue weighted by atomic mass is 9.83. The molecule has 0 amide bonds.